The average molecular weight is 357 g/mol. The number of aromatic nitrogens is 2. The van der Waals surface area contributed by atoms with E-state index < -0.39 is 0 Å². The Morgan fingerprint density at radius 3 is 2.96 bits per heavy atom. The van der Waals surface area contributed by atoms with Crippen LogP contribution in [-0.4, -0.2) is 71.1 Å². The minimum absolute atomic E-state index is 0.0822. The van der Waals surface area contributed by atoms with Crippen molar-refractivity contribution >= 4 is 11.8 Å². The Bertz CT molecular complexity index is 753. The molecular formula is C19H27N5O2. The zero-order valence-corrected chi connectivity index (χ0v) is 15.5. The van der Waals surface area contributed by atoms with Crippen molar-refractivity contribution < 1.29 is 9.59 Å². The molecule has 3 aliphatic carbocycles. The van der Waals surface area contributed by atoms with Gasteiger partial charge in [-0.1, -0.05) is 0 Å². The lowest BCUT2D eigenvalue weighted by atomic mass is 9.78. The number of aromatic amines is 1. The highest BCUT2D eigenvalue weighted by Gasteiger charge is 2.66. The van der Waals surface area contributed by atoms with E-state index in [1.807, 2.05) is 11.1 Å². The summed E-state index contributed by atoms with van der Waals surface area (Å²) >= 11 is 0. The molecule has 1 aliphatic heterocycles. The van der Waals surface area contributed by atoms with Gasteiger partial charge in [-0.15, -0.1) is 0 Å². The maximum Gasteiger partial charge on any atom is 0.232 e. The molecule has 2 saturated carbocycles. The molecule has 2 N–H and O–H groups in total. The van der Waals surface area contributed by atoms with E-state index in [1.165, 1.54) is 5.56 Å². The van der Waals surface area contributed by atoms with Crippen molar-refractivity contribution in [2.45, 2.75) is 49.6 Å². The largest absolute Gasteiger partial charge is 0.351 e. The van der Waals surface area contributed by atoms with Crippen LogP contribution < -0.4 is 5.32 Å². The second kappa shape index (κ2) is 5.55. The molecule has 0 radical (unpaired) electrons. The number of H-pyrrole nitrogens is 1. The number of hydrogen-bond acceptors (Lipinski definition) is 4. The van der Waals surface area contributed by atoms with Gasteiger partial charge in [0.25, 0.3) is 0 Å². The molecule has 1 aromatic heterocycles. The van der Waals surface area contributed by atoms with Gasteiger partial charge < -0.3 is 15.1 Å². The van der Waals surface area contributed by atoms with E-state index >= 15 is 0 Å². The molecule has 0 spiro atoms. The Morgan fingerprint density at radius 1 is 1.38 bits per heavy atom. The molecule has 3 fully saturated rings. The maximum absolute atomic E-state index is 13.0. The molecular weight excluding hydrogens is 330 g/mol. The molecule has 0 bridgehead atoms. The summed E-state index contributed by atoms with van der Waals surface area (Å²) in [6.07, 6.45) is 6.53. The lowest BCUT2D eigenvalue weighted by molar-refractivity contribution is -0.139. The van der Waals surface area contributed by atoms with Crippen molar-refractivity contribution in [3.8, 4) is 0 Å². The Morgan fingerprint density at radius 2 is 2.19 bits per heavy atom. The van der Waals surface area contributed by atoms with Gasteiger partial charge in [0.2, 0.25) is 11.8 Å². The normalized spacial score (nSPS) is 37.3. The third-order valence-corrected chi connectivity index (χ3v) is 7.17. The Hall–Kier alpha value is -1.89. The number of rotatable bonds is 4. The fraction of sp³-hybridized carbons (Fsp3) is 0.737. The van der Waals surface area contributed by atoms with Crippen molar-refractivity contribution in [3.05, 3.63) is 17.5 Å². The molecule has 5 rings (SSSR count). The number of carbonyl (C=O) groups is 2. The molecule has 4 aliphatic rings. The highest BCUT2D eigenvalue weighted by molar-refractivity contribution is 5.93. The number of amides is 2. The van der Waals surface area contributed by atoms with Crippen LogP contribution in [0, 0.1) is 11.8 Å². The lowest BCUT2D eigenvalue weighted by Crippen LogP contribution is -2.49. The second-order valence-electron chi connectivity index (χ2n) is 8.88. The Balaban J connectivity index is 1.17. The van der Waals surface area contributed by atoms with Gasteiger partial charge >= 0.3 is 0 Å². The van der Waals surface area contributed by atoms with Crippen molar-refractivity contribution in [2.75, 3.05) is 27.2 Å². The minimum atomic E-state index is -0.365. The quantitative estimate of drug-likeness (QED) is 0.811. The van der Waals surface area contributed by atoms with Gasteiger partial charge in [-0.3, -0.25) is 14.7 Å². The first-order chi connectivity index (χ1) is 12.5. The van der Waals surface area contributed by atoms with Gasteiger partial charge in [0.15, 0.2) is 0 Å². The average Bonchev–Trinajstić information content (AvgIpc) is 2.94. The van der Waals surface area contributed by atoms with Gasteiger partial charge in [-0.05, 0) is 57.7 Å². The first-order valence-corrected chi connectivity index (χ1v) is 9.78. The van der Waals surface area contributed by atoms with Crippen LogP contribution in [0.15, 0.2) is 6.20 Å². The van der Waals surface area contributed by atoms with Gasteiger partial charge in [0, 0.05) is 31.1 Å². The number of likely N-dealkylation sites (tertiary alicyclic amines) is 1. The molecule has 2 amide bonds. The predicted octanol–water partition coefficient (Wildman–Crippen LogP) is 0.281. The summed E-state index contributed by atoms with van der Waals surface area (Å²) in [4.78, 5) is 29.8. The predicted molar refractivity (Wildman–Crippen MR) is 95.4 cm³/mol. The summed E-state index contributed by atoms with van der Waals surface area (Å²) in [5.41, 5.74) is 1.85. The van der Waals surface area contributed by atoms with E-state index in [9.17, 15) is 9.59 Å². The zero-order valence-electron chi connectivity index (χ0n) is 15.5. The molecule has 0 unspecified atom stereocenters. The summed E-state index contributed by atoms with van der Waals surface area (Å²) in [6, 6.07) is 0.623. The van der Waals surface area contributed by atoms with E-state index in [1.54, 1.807) is 0 Å². The molecule has 0 aromatic carbocycles. The van der Waals surface area contributed by atoms with E-state index in [0.717, 1.165) is 44.3 Å². The molecule has 140 valence electrons. The Labute approximate surface area is 153 Å². The number of nitrogens with zero attached hydrogens (tertiary/aromatic N) is 3. The standard InChI is InChI=1S/C19H27N5O2/c1-23(2)15-6-11(7-15)17(25)24-4-3-14(10-24)21-18(26)19-8-13(19)5-12-9-20-22-16(12)19/h9,11,13-15H,3-8,10H2,1-2H3,(H,20,22)(H,21,26)/t11?,13-,14-,15?,19-/m1/s1. The highest BCUT2D eigenvalue weighted by Crippen LogP contribution is 2.61. The van der Waals surface area contributed by atoms with E-state index in [4.69, 9.17) is 0 Å². The summed E-state index contributed by atoms with van der Waals surface area (Å²) in [5, 5.41) is 10.4. The number of nitrogens with one attached hydrogen (secondary N) is 2. The highest BCUT2D eigenvalue weighted by atomic mass is 16.2. The molecule has 7 heteroatoms. The maximum atomic E-state index is 13.0. The minimum Gasteiger partial charge on any atom is -0.351 e. The molecule has 1 aromatic rings. The van der Waals surface area contributed by atoms with Gasteiger partial charge in [0.05, 0.1) is 17.3 Å². The van der Waals surface area contributed by atoms with Crippen LogP contribution in [0.25, 0.3) is 0 Å². The van der Waals surface area contributed by atoms with Crippen molar-refractivity contribution in [2.24, 2.45) is 11.8 Å². The fourth-order valence-electron chi connectivity index (χ4n) is 5.25. The topological polar surface area (TPSA) is 81.3 Å². The fourth-order valence-corrected chi connectivity index (χ4v) is 5.25. The summed E-state index contributed by atoms with van der Waals surface area (Å²) in [6.45, 7) is 1.42. The summed E-state index contributed by atoms with van der Waals surface area (Å²) < 4.78 is 0. The third kappa shape index (κ3) is 2.25. The van der Waals surface area contributed by atoms with Gasteiger partial charge in [0.1, 0.15) is 0 Å². The molecule has 1 saturated heterocycles. The second-order valence-corrected chi connectivity index (χ2v) is 8.88. The summed E-state index contributed by atoms with van der Waals surface area (Å²) in [5.74, 6) is 1.01. The lowest BCUT2D eigenvalue weighted by Gasteiger charge is -2.40. The van der Waals surface area contributed by atoms with Crippen LogP contribution in [0.5, 0.6) is 0 Å². The smallest absolute Gasteiger partial charge is 0.232 e. The van der Waals surface area contributed by atoms with Crippen LogP contribution in [0.2, 0.25) is 0 Å². The summed E-state index contributed by atoms with van der Waals surface area (Å²) in [7, 11) is 4.15. The van der Waals surface area contributed by atoms with Crippen LogP contribution in [0.3, 0.4) is 0 Å². The first-order valence-electron chi connectivity index (χ1n) is 9.78. The first kappa shape index (κ1) is 16.3. The number of fused-ring (bicyclic) bond motifs is 3. The molecule has 3 atom stereocenters. The van der Waals surface area contributed by atoms with Crippen LogP contribution in [0.1, 0.15) is 36.9 Å². The third-order valence-electron chi connectivity index (χ3n) is 7.17. The van der Waals surface area contributed by atoms with E-state index in [-0.39, 0.29) is 29.2 Å². The molecule has 7 nitrogen and oxygen atoms in total. The van der Waals surface area contributed by atoms with Crippen LogP contribution >= 0.6 is 0 Å². The van der Waals surface area contributed by atoms with Gasteiger partial charge in [-0.2, -0.15) is 5.10 Å². The van der Waals surface area contributed by atoms with E-state index in [0.29, 0.717) is 18.5 Å². The number of hydrogen-bond donors (Lipinski definition) is 2. The Kier molecular flexibility index (Phi) is 3.48. The number of carbonyl (C=O) groups excluding carboxylic acids is 2. The van der Waals surface area contributed by atoms with Crippen LogP contribution in [-0.2, 0) is 21.4 Å². The van der Waals surface area contributed by atoms with Crippen molar-refractivity contribution in [3.63, 3.8) is 0 Å². The zero-order chi connectivity index (χ0) is 18.1. The molecule has 2 heterocycles. The van der Waals surface area contributed by atoms with Crippen LogP contribution in [0.4, 0.5) is 0 Å². The van der Waals surface area contributed by atoms with Gasteiger partial charge in [-0.25, -0.2) is 0 Å². The SMILES string of the molecule is CN(C)C1CC(C(=O)N2CC[C@@H](NC(=O)[C@]34C[C@H]3Cc3cn[nH]c34)C2)C1. The van der Waals surface area contributed by atoms with Crippen molar-refractivity contribution in [1.82, 2.24) is 25.3 Å². The van der Waals surface area contributed by atoms with E-state index in [2.05, 4.69) is 34.5 Å². The van der Waals surface area contributed by atoms with Crippen molar-refractivity contribution in [1.29, 1.82) is 0 Å². The monoisotopic (exact) mass is 357 g/mol. The molecule has 26 heavy (non-hydrogen) atoms.